The van der Waals surface area contributed by atoms with Crippen LogP contribution in [0.5, 0.6) is 0 Å². The van der Waals surface area contributed by atoms with Crippen LogP contribution in [0, 0.1) is 6.92 Å². The number of aryl methyl sites for hydroxylation is 2. The Balaban J connectivity index is 2.93. The largest absolute Gasteiger partial charge is 0.336 e. The first-order chi connectivity index (χ1) is 5.70. The van der Waals surface area contributed by atoms with Gasteiger partial charge in [0.1, 0.15) is 5.65 Å². The number of nitrogens with zero attached hydrogens (tertiary/aromatic N) is 2. The average Bonchev–Trinajstić information content (AvgIpc) is 2.41. The number of aromatic nitrogens is 2. The van der Waals surface area contributed by atoms with Crippen molar-refractivity contribution in [3.8, 4) is 0 Å². The molecule has 0 bridgehead atoms. The number of fused-ring (bicyclic) bond motifs is 1. The van der Waals surface area contributed by atoms with Gasteiger partial charge in [0.05, 0.1) is 0 Å². The van der Waals surface area contributed by atoms with Crippen molar-refractivity contribution in [2.45, 2.75) is 6.92 Å². The highest BCUT2D eigenvalue weighted by atomic mass is 79.9. The summed E-state index contributed by atoms with van der Waals surface area (Å²) in [7, 11) is 2.00. The molecule has 0 radical (unpaired) electrons. The van der Waals surface area contributed by atoms with Gasteiger partial charge in [0.15, 0.2) is 0 Å². The molecule has 2 rings (SSSR count). The maximum absolute atomic E-state index is 4.33. The molecule has 62 valence electrons. The van der Waals surface area contributed by atoms with Crippen LogP contribution in [0.4, 0.5) is 0 Å². The molecule has 0 saturated carbocycles. The normalized spacial score (nSPS) is 10.9. The highest BCUT2D eigenvalue weighted by Gasteiger charge is 2.04. The third-order valence-electron chi connectivity index (χ3n) is 2.00. The summed E-state index contributed by atoms with van der Waals surface area (Å²) in [6.07, 6.45) is 3.90. The summed E-state index contributed by atoms with van der Waals surface area (Å²) in [5.41, 5.74) is 2.20. The van der Waals surface area contributed by atoms with Gasteiger partial charge in [-0.1, -0.05) is 0 Å². The van der Waals surface area contributed by atoms with Crippen LogP contribution in [0.25, 0.3) is 11.0 Å². The molecule has 0 aromatic carbocycles. The van der Waals surface area contributed by atoms with Gasteiger partial charge in [-0.25, -0.2) is 4.98 Å². The molecule has 2 heterocycles. The van der Waals surface area contributed by atoms with Gasteiger partial charge in [0, 0.05) is 29.3 Å². The van der Waals surface area contributed by atoms with Gasteiger partial charge < -0.3 is 4.57 Å². The third kappa shape index (κ3) is 0.966. The molecule has 0 atom stereocenters. The van der Waals surface area contributed by atoms with E-state index in [1.807, 2.05) is 30.9 Å². The second-order valence-electron chi connectivity index (χ2n) is 2.92. The van der Waals surface area contributed by atoms with Crippen molar-refractivity contribution >= 4 is 27.0 Å². The summed E-state index contributed by atoms with van der Waals surface area (Å²) in [5.74, 6) is 0. The number of halogens is 1. The summed E-state index contributed by atoms with van der Waals surface area (Å²) in [6.45, 7) is 2.05. The summed E-state index contributed by atoms with van der Waals surface area (Å²) < 4.78 is 3.16. The van der Waals surface area contributed by atoms with E-state index in [1.54, 1.807) is 0 Å². The van der Waals surface area contributed by atoms with Crippen LogP contribution in [-0.4, -0.2) is 9.55 Å². The summed E-state index contributed by atoms with van der Waals surface area (Å²) in [5, 5.41) is 1.18. The van der Waals surface area contributed by atoms with Gasteiger partial charge in [-0.05, 0) is 34.5 Å². The first-order valence-electron chi connectivity index (χ1n) is 3.76. The first kappa shape index (κ1) is 7.80. The molecule has 2 aromatic heterocycles. The van der Waals surface area contributed by atoms with Crippen LogP contribution in [0.2, 0.25) is 0 Å². The van der Waals surface area contributed by atoms with Gasteiger partial charge in [-0.2, -0.15) is 0 Å². The van der Waals surface area contributed by atoms with Gasteiger partial charge in [0.2, 0.25) is 0 Å². The minimum absolute atomic E-state index is 1.02. The van der Waals surface area contributed by atoms with Crippen LogP contribution in [0.1, 0.15) is 5.56 Å². The molecule has 0 fully saturated rings. The monoisotopic (exact) mass is 224 g/mol. The lowest BCUT2D eigenvalue weighted by Gasteiger charge is -1.99. The molecule has 0 aliphatic carbocycles. The topological polar surface area (TPSA) is 17.8 Å². The van der Waals surface area contributed by atoms with Crippen LogP contribution >= 0.6 is 15.9 Å². The Kier molecular flexibility index (Phi) is 1.68. The SMILES string of the molecule is Cc1cnc2c(ccn2C)c1Br. The maximum atomic E-state index is 4.33. The lowest BCUT2D eigenvalue weighted by molar-refractivity contribution is 0.947. The smallest absolute Gasteiger partial charge is 0.140 e. The minimum atomic E-state index is 1.02. The Bertz CT molecular complexity index is 431. The Morgan fingerprint density at radius 3 is 3.00 bits per heavy atom. The van der Waals surface area contributed by atoms with Crippen LogP contribution in [0.3, 0.4) is 0 Å². The van der Waals surface area contributed by atoms with E-state index < -0.39 is 0 Å². The molecule has 0 aliphatic heterocycles. The van der Waals surface area contributed by atoms with E-state index in [0.717, 1.165) is 10.1 Å². The fourth-order valence-corrected chi connectivity index (χ4v) is 1.69. The van der Waals surface area contributed by atoms with Crippen molar-refractivity contribution in [3.05, 3.63) is 28.5 Å². The van der Waals surface area contributed by atoms with E-state index >= 15 is 0 Å². The van der Waals surface area contributed by atoms with Crippen LogP contribution in [-0.2, 0) is 7.05 Å². The first-order valence-corrected chi connectivity index (χ1v) is 4.55. The molecule has 0 saturated heterocycles. The number of hydrogen-bond donors (Lipinski definition) is 0. The van der Waals surface area contributed by atoms with Crippen molar-refractivity contribution in [2.24, 2.45) is 7.05 Å². The van der Waals surface area contributed by atoms with E-state index in [9.17, 15) is 0 Å². The minimum Gasteiger partial charge on any atom is -0.336 e. The summed E-state index contributed by atoms with van der Waals surface area (Å²) in [6, 6.07) is 2.07. The van der Waals surface area contributed by atoms with Crippen molar-refractivity contribution in [1.29, 1.82) is 0 Å². The molecule has 0 unspecified atom stereocenters. The molecule has 0 amide bonds. The van der Waals surface area contributed by atoms with Crippen molar-refractivity contribution in [1.82, 2.24) is 9.55 Å². The summed E-state index contributed by atoms with van der Waals surface area (Å²) in [4.78, 5) is 4.33. The Morgan fingerprint density at radius 1 is 1.50 bits per heavy atom. The zero-order valence-electron chi connectivity index (χ0n) is 7.00. The Labute approximate surface area is 79.3 Å². The van der Waals surface area contributed by atoms with E-state index in [1.165, 1.54) is 10.9 Å². The van der Waals surface area contributed by atoms with Crippen LogP contribution in [0.15, 0.2) is 22.9 Å². The standard InChI is InChI=1S/C9H9BrN2/c1-6-5-11-9-7(8(6)10)3-4-12(9)2/h3-5H,1-2H3. The predicted octanol–water partition coefficient (Wildman–Crippen LogP) is 2.64. The van der Waals surface area contributed by atoms with Gasteiger partial charge in [-0.3, -0.25) is 0 Å². The maximum Gasteiger partial charge on any atom is 0.140 e. The lowest BCUT2D eigenvalue weighted by atomic mass is 10.2. The molecule has 3 heteroatoms. The Morgan fingerprint density at radius 2 is 2.25 bits per heavy atom. The second-order valence-corrected chi connectivity index (χ2v) is 3.71. The number of pyridine rings is 1. The highest BCUT2D eigenvalue weighted by Crippen LogP contribution is 2.25. The molecular weight excluding hydrogens is 216 g/mol. The number of hydrogen-bond acceptors (Lipinski definition) is 1. The van der Waals surface area contributed by atoms with Crippen molar-refractivity contribution in [2.75, 3.05) is 0 Å². The van der Waals surface area contributed by atoms with E-state index in [4.69, 9.17) is 0 Å². The van der Waals surface area contributed by atoms with E-state index in [-0.39, 0.29) is 0 Å². The van der Waals surface area contributed by atoms with Gasteiger partial charge in [-0.15, -0.1) is 0 Å². The van der Waals surface area contributed by atoms with E-state index in [0.29, 0.717) is 0 Å². The highest BCUT2D eigenvalue weighted by molar-refractivity contribution is 9.10. The number of rotatable bonds is 0. The molecule has 0 N–H and O–H groups in total. The molecular formula is C9H9BrN2. The fraction of sp³-hybridized carbons (Fsp3) is 0.222. The molecule has 0 aliphatic rings. The molecule has 12 heavy (non-hydrogen) atoms. The van der Waals surface area contributed by atoms with E-state index in [2.05, 4.69) is 27.0 Å². The Hall–Kier alpha value is -0.830. The summed E-state index contributed by atoms with van der Waals surface area (Å²) >= 11 is 3.54. The predicted molar refractivity (Wildman–Crippen MR) is 53.2 cm³/mol. The van der Waals surface area contributed by atoms with Gasteiger partial charge in [0.25, 0.3) is 0 Å². The molecule has 2 aromatic rings. The van der Waals surface area contributed by atoms with Gasteiger partial charge >= 0.3 is 0 Å². The van der Waals surface area contributed by atoms with Crippen molar-refractivity contribution in [3.63, 3.8) is 0 Å². The molecule has 2 nitrogen and oxygen atoms in total. The zero-order chi connectivity index (χ0) is 8.72. The molecule has 0 spiro atoms. The fourth-order valence-electron chi connectivity index (χ4n) is 1.28. The lowest BCUT2D eigenvalue weighted by Crippen LogP contribution is -1.88. The van der Waals surface area contributed by atoms with Crippen molar-refractivity contribution < 1.29 is 0 Å². The zero-order valence-corrected chi connectivity index (χ0v) is 8.59. The average molecular weight is 225 g/mol. The third-order valence-corrected chi connectivity index (χ3v) is 3.06. The second kappa shape index (κ2) is 2.59. The quantitative estimate of drug-likeness (QED) is 0.673. The van der Waals surface area contributed by atoms with Crippen LogP contribution < -0.4 is 0 Å².